The molecule has 6 nitrogen and oxygen atoms in total. The number of carbonyl (C=O) groups excluding carboxylic acids is 1. The van der Waals surface area contributed by atoms with Gasteiger partial charge in [0, 0.05) is 19.6 Å². The molecule has 1 aromatic heterocycles. The van der Waals surface area contributed by atoms with Gasteiger partial charge in [0.05, 0.1) is 28.9 Å². The van der Waals surface area contributed by atoms with E-state index >= 15 is 0 Å². The summed E-state index contributed by atoms with van der Waals surface area (Å²) in [7, 11) is 0. The van der Waals surface area contributed by atoms with Crippen molar-refractivity contribution in [2.75, 3.05) is 18.8 Å². The number of rotatable bonds is 5. The van der Waals surface area contributed by atoms with Crippen LogP contribution in [0.2, 0.25) is 0 Å². The number of carbonyl (C=O) groups is 1. The highest BCUT2D eigenvalue weighted by Gasteiger charge is 2.26. The van der Waals surface area contributed by atoms with Crippen LogP contribution in [0.25, 0.3) is 10.9 Å². The summed E-state index contributed by atoms with van der Waals surface area (Å²) in [5.41, 5.74) is 0.528. The van der Waals surface area contributed by atoms with Crippen LogP contribution in [0.1, 0.15) is 13.8 Å². The zero-order valence-electron chi connectivity index (χ0n) is 15.1. The average Bonchev–Trinajstić information content (AvgIpc) is 2.61. The summed E-state index contributed by atoms with van der Waals surface area (Å²) in [5, 5.41) is 1.11. The molecule has 0 bridgehead atoms. The van der Waals surface area contributed by atoms with Crippen LogP contribution >= 0.6 is 11.8 Å². The van der Waals surface area contributed by atoms with Gasteiger partial charge in [-0.1, -0.05) is 30.0 Å². The predicted molar refractivity (Wildman–Crippen MR) is 104 cm³/mol. The Labute approximate surface area is 156 Å². The molecule has 1 aliphatic rings. The summed E-state index contributed by atoms with van der Waals surface area (Å²) in [6.07, 6.45) is 1.73. The quantitative estimate of drug-likeness (QED) is 0.457. The molecule has 138 valence electrons. The summed E-state index contributed by atoms with van der Waals surface area (Å²) in [5.74, 6) is 0.269. The number of allylic oxidation sites excluding steroid dienone is 1. The van der Waals surface area contributed by atoms with Crippen molar-refractivity contribution in [1.82, 2.24) is 14.5 Å². The molecule has 2 unspecified atom stereocenters. The van der Waals surface area contributed by atoms with Crippen molar-refractivity contribution < 1.29 is 9.53 Å². The minimum atomic E-state index is -0.112. The molecule has 0 N–H and O–H groups in total. The minimum Gasteiger partial charge on any atom is -0.372 e. The fraction of sp³-hybridized carbons (Fsp3) is 0.421. The molecule has 0 saturated carbocycles. The first-order chi connectivity index (χ1) is 12.5. The molecule has 1 aliphatic heterocycles. The van der Waals surface area contributed by atoms with Crippen molar-refractivity contribution in [1.29, 1.82) is 0 Å². The Morgan fingerprint density at radius 1 is 1.35 bits per heavy atom. The van der Waals surface area contributed by atoms with Gasteiger partial charge in [0.2, 0.25) is 5.91 Å². The van der Waals surface area contributed by atoms with E-state index < -0.39 is 0 Å². The first-order valence-corrected chi connectivity index (χ1v) is 9.64. The number of amides is 1. The topological polar surface area (TPSA) is 64.4 Å². The first kappa shape index (κ1) is 18.7. The maximum Gasteiger partial charge on any atom is 0.262 e. The number of hydrogen-bond acceptors (Lipinski definition) is 5. The summed E-state index contributed by atoms with van der Waals surface area (Å²) in [4.78, 5) is 31.7. The lowest BCUT2D eigenvalue weighted by molar-refractivity contribution is -0.140. The van der Waals surface area contributed by atoms with Crippen LogP contribution in [0.4, 0.5) is 0 Å². The van der Waals surface area contributed by atoms with Gasteiger partial charge in [0.25, 0.3) is 5.56 Å². The fourth-order valence-corrected chi connectivity index (χ4v) is 4.06. The molecule has 1 fully saturated rings. The summed E-state index contributed by atoms with van der Waals surface area (Å²) < 4.78 is 7.24. The second-order valence-corrected chi connectivity index (χ2v) is 7.40. The second-order valence-electron chi connectivity index (χ2n) is 6.46. The van der Waals surface area contributed by atoms with Crippen LogP contribution in [-0.2, 0) is 16.1 Å². The number of para-hydroxylation sites is 1. The lowest BCUT2D eigenvalue weighted by Crippen LogP contribution is -2.48. The highest BCUT2D eigenvalue weighted by molar-refractivity contribution is 7.99. The van der Waals surface area contributed by atoms with E-state index in [0.29, 0.717) is 35.7 Å². The third-order valence-electron chi connectivity index (χ3n) is 4.24. The molecule has 0 radical (unpaired) electrons. The molecule has 26 heavy (non-hydrogen) atoms. The highest BCUT2D eigenvalue weighted by atomic mass is 32.2. The molecule has 3 rings (SSSR count). The summed E-state index contributed by atoms with van der Waals surface area (Å²) >= 11 is 1.29. The van der Waals surface area contributed by atoms with Crippen molar-refractivity contribution in [2.24, 2.45) is 0 Å². The van der Waals surface area contributed by atoms with Gasteiger partial charge in [-0.3, -0.25) is 14.2 Å². The minimum absolute atomic E-state index is 0.0320. The lowest BCUT2D eigenvalue weighted by atomic mass is 10.2. The number of hydrogen-bond donors (Lipinski definition) is 0. The van der Waals surface area contributed by atoms with Gasteiger partial charge in [-0.25, -0.2) is 4.98 Å². The molecular weight excluding hydrogens is 350 g/mol. The van der Waals surface area contributed by atoms with Crippen molar-refractivity contribution >= 4 is 28.6 Å². The summed E-state index contributed by atoms with van der Waals surface area (Å²) in [6.45, 7) is 9.20. The standard InChI is InChI=1S/C19H23N3O3S/c1-4-9-22-18(24)15-7-5-6-8-16(15)20-19(22)26-12-17(23)21-10-13(2)25-14(3)11-21/h4-8,13-14H,1,9-12H2,2-3H3. The molecule has 1 aromatic carbocycles. The van der Waals surface area contributed by atoms with E-state index in [1.807, 2.05) is 36.9 Å². The van der Waals surface area contributed by atoms with E-state index in [4.69, 9.17) is 4.74 Å². The van der Waals surface area contributed by atoms with Crippen LogP contribution < -0.4 is 5.56 Å². The zero-order chi connectivity index (χ0) is 18.7. The van der Waals surface area contributed by atoms with Crippen molar-refractivity contribution in [2.45, 2.75) is 37.8 Å². The van der Waals surface area contributed by atoms with Gasteiger partial charge < -0.3 is 9.64 Å². The van der Waals surface area contributed by atoms with E-state index in [2.05, 4.69) is 11.6 Å². The number of aromatic nitrogens is 2. The summed E-state index contributed by atoms with van der Waals surface area (Å²) in [6, 6.07) is 7.25. The maximum absolute atomic E-state index is 12.7. The van der Waals surface area contributed by atoms with Gasteiger partial charge in [-0.15, -0.1) is 6.58 Å². The molecule has 1 amide bonds. The Morgan fingerprint density at radius 3 is 2.73 bits per heavy atom. The fourth-order valence-electron chi connectivity index (χ4n) is 3.15. The molecular formula is C19H23N3O3S. The van der Waals surface area contributed by atoms with Crippen LogP contribution in [0.3, 0.4) is 0 Å². The smallest absolute Gasteiger partial charge is 0.262 e. The Hall–Kier alpha value is -2.12. The van der Waals surface area contributed by atoms with E-state index in [1.54, 1.807) is 16.7 Å². The SMILES string of the molecule is C=CCn1c(SCC(=O)N2CC(C)OC(C)C2)nc2ccccc2c1=O. The maximum atomic E-state index is 12.7. The number of nitrogens with zero attached hydrogens (tertiary/aromatic N) is 3. The van der Waals surface area contributed by atoms with Crippen LogP contribution in [-0.4, -0.2) is 51.4 Å². The number of morpholine rings is 1. The average molecular weight is 373 g/mol. The second kappa shape index (κ2) is 8.05. The third-order valence-corrected chi connectivity index (χ3v) is 5.20. The molecule has 2 heterocycles. The third kappa shape index (κ3) is 3.99. The van der Waals surface area contributed by atoms with E-state index in [9.17, 15) is 9.59 Å². The van der Waals surface area contributed by atoms with E-state index in [-0.39, 0.29) is 29.4 Å². The molecule has 1 saturated heterocycles. The van der Waals surface area contributed by atoms with Gasteiger partial charge in [-0.05, 0) is 26.0 Å². The number of thioether (sulfide) groups is 1. The molecule has 0 spiro atoms. The Balaban J connectivity index is 1.81. The number of fused-ring (bicyclic) bond motifs is 1. The molecule has 0 aliphatic carbocycles. The van der Waals surface area contributed by atoms with Crippen molar-refractivity contribution in [3.8, 4) is 0 Å². The Morgan fingerprint density at radius 2 is 2.04 bits per heavy atom. The Kier molecular flexibility index (Phi) is 5.78. The van der Waals surface area contributed by atoms with Crippen molar-refractivity contribution in [3.05, 3.63) is 47.3 Å². The van der Waals surface area contributed by atoms with Gasteiger partial charge in [0.15, 0.2) is 5.16 Å². The lowest BCUT2D eigenvalue weighted by Gasteiger charge is -2.35. The predicted octanol–water partition coefficient (Wildman–Crippen LogP) is 2.31. The van der Waals surface area contributed by atoms with Gasteiger partial charge in [0.1, 0.15) is 0 Å². The highest BCUT2D eigenvalue weighted by Crippen LogP contribution is 2.20. The van der Waals surface area contributed by atoms with Gasteiger partial charge >= 0.3 is 0 Å². The van der Waals surface area contributed by atoms with E-state index in [0.717, 1.165) is 0 Å². The molecule has 2 atom stereocenters. The molecule has 2 aromatic rings. The number of benzene rings is 1. The molecule has 7 heteroatoms. The monoisotopic (exact) mass is 373 g/mol. The normalized spacial score (nSPS) is 20.3. The van der Waals surface area contributed by atoms with Crippen molar-refractivity contribution in [3.63, 3.8) is 0 Å². The Bertz CT molecular complexity index is 870. The van der Waals surface area contributed by atoms with Crippen LogP contribution in [0.5, 0.6) is 0 Å². The first-order valence-electron chi connectivity index (χ1n) is 8.66. The van der Waals surface area contributed by atoms with Gasteiger partial charge in [-0.2, -0.15) is 0 Å². The van der Waals surface area contributed by atoms with Crippen LogP contribution in [0, 0.1) is 0 Å². The van der Waals surface area contributed by atoms with Crippen LogP contribution in [0.15, 0.2) is 46.9 Å². The van der Waals surface area contributed by atoms with E-state index in [1.165, 1.54) is 11.8 Å². The zero-order valence-corrected chi connectivity index (χ0v) is 15.9. The largest absolute Gasteiger partial charge is 0.372 e. The number of ether oxygens (including phenoxy) is 1.